The van der Waals surface area contributed by atoms with Gasteiger partial charge >= 0.3 is 0 Å². The second-order valence-electron chi connectivity index (χ2n) is 4.50. The molecular formula is C12H21N3. The third kappa shape index (κ3) is 3.67. The van der Waals surface area contributed by atoms with Gasteiger partial charge in [0.1, 0.15) is 0 Å². The van der Waals surface area contributed by atoms with Crippen molar-refractivity contribution in [1.29, 1.82) is 0 Å². The van der Waals surface area contributed by atoms with E-state index in [2.05, 4.69) is 15.3 Å². The maximum absolute atomic E-state index is 4.02. The maximum Gasteiger partial charge on any atom is 0.0922 e. The molecule has 1 heterocycles. The van der Waals surface area contributed by atoms with E-state index in [1.165, 1.54) is 50.6 Å². The van der Waals surface area contributed by atoms with Gasteiger partial charge in [-0.2, -0.15) is 0 Å². The highest BCUT2D eigenvalue weighted by atomic mass is 15.0. The van der Waals surface area contributed by atoms with Gasteiger partial charge < -0.3 is 10.3 Å². The van der Waals surface area contributed by atoms with Crippen molar-refractivity contribution in [2.45, 2.75) is 57.5 Å². The second-order valence-corrected chi connectivity index (χ2v) is 4.50. The molecule has 0 radical (unpaired) electrons. The highest BCUT2D eigenvalue weighted by Crippen LogP contribution is 2.17. The molecule has 0 amide bonds. The van der Waals surface area contributed by atoms with Crippen molar-refractivity contribution in [3.8, 4) is 0 Å². The molecule has 0 unspecified atom stereocenters. The lowest BCUT2D eigenvalue weighted by Gasteiger charge is -2.20. The fraction of sp³-hybridized carbons (Fsp3) is 0.750. The molecule has 0 aromatic carbocycles. The first-order chi connectivity index (χ1) is 7.45. The molecule has 0 saturated heterocycles. The third-order valence-electron chi connectivity index (χ3n) is 3.24. The highest BCUT2D eigenvalue weighted by molar-refractivity contribution is 4.93. The minimum atomic E-state index is 0.716. The Kier molecular flexibility index (Phi) is 4.21. The number of aromatic nitrogens is 2. The van der Waals surface area contributed by atoms with E-state index < -0.39 is 0 Å². The van der Waals surface area contributed by atoms with Crippen molar-refractivity contribution in [3.63, 3.8) is 0 Å². The molecule has 1 aromatic rings. The van der Waals surface area contributed by atoms with E-state index in [9.17, 15) is 0 Å². The van der Waals surface area contributed by atoms with Crippen LogP contribution in [0.25, 0.3) is 0 Å². The molecule has 3 heteroatoms. The minimum absolute atomic E-state index is 0.716. The molecule has 1 saturated carbocycles. The first-order valence-corrected chi connectivity index (χ1v) is 6.16. The Hall–Kier alpha value is -0.830. The number of H-pyrrole nitrogens is 1. The molecule has 1 aliphatic rings. The summed E-state index contributed by atoms with van der Waals surface area (Å²) in [6.07, 6.45) is 13.4. The first kappa shape index (κ1) is 10.7. The summed E-state index contributed by atoms with van der Waals surface area (Å²) in [6, 6.07) is 0.716. The minimum Gasteiger partial charge on any atom is -0.347 e. The number of aromatic amines is 1. The summed E-state index contributed by atoms with van der Waals surface area (Å²) in [7, 11) is 0. The van der Waals surface area contributed by atoms with Crippen molar-refractivity contribution in [1.82, 2.24) is 15.3 Å². The summed E-state index contributed by atoms with van der Waals surface area (Å²) < 4.78 is 0. The lowest BCUT2D eigenvalue weighted by atomic mass is 9.97. The average Bonchev–Trinajstić information content (AvgIpc) is 2.68. The Bertz CT molecular complexity index is 248. The van der Waals surface area contributed by atoms with E-state index in [0.717, 1.165) is 6.54 Å². The van der Waals surface area contributed by atoms with E-state index in [0.29, 0.717) is 6.04 Å². The Morgan fingerprint density at radius 2 is 1.93 bits per heavy atom. The van der Waals surface area contributed by atoms with Gasteiger partial charge in [0.05, 0.1) is 6.33 Å². The molecule has 1 fully saturated rings. The largest absolute Gasteiger partial charge is 0.347 e. The summed E-state index contributed by atoms with van der Waals surface area (Å²) in [4.78, 5) is 7.15. The molecule has 0 spiro atoms. The van der Waals surface area contributed by atoms with Crippen molar-refractivity contribution in [2.75, 3.05) is 0 Å². The highest BCUT2D eigenvalue weighted by Gasteiger charge is 2.10. The van der Waals surface area contributed by atoms with Gasteiger partial charge in [-0.15, -0.1) is 0 Å². The molecule has 3 nitrogen and oxygen atoms in total. The number of rotatable bonds is 3. The van der Waals surface area contributed by atoms with Crippen LogP contribution in [-0.2, 0) is 6.54 Å². The normalized spacial score (nSPS) is 19.7. The van der Waals surface area contributed by atoms with Crippen LogP contribution in [-0.4, -0.2) is 16.0 Å². The summed E-state index contributed by atoms with van der Waals surface area (Å²) in [5.74, 6) is 0. The Morgan fingerprint density at radius 3 is 2.60 bits per heavy atom. The molecule has 0 bridgehead atoms. The van der Waals surface area contributed by atoms with Crippen LogP contribution in [0.4, 0.5) is 0 Å². The lowest BCUT2D eigenvalue weighted by molar-refractivity contribution is 0.387. The van der Waals surface area contributed by atoms with Crippen LogP contribution in [0.1, 0.15) is 50.6 Å². The van der Waals surface area contributed by atoms with Crippen molar-refractivity contribution in [3.05, 3.63) is 18.2 Å². The lowest BCUT2D eigenvalue weighted by Crippen LogP contribution is -2.29. The summed E-state index contributed by atoms with van der Waals surface area (Å²) in [5, 5.41) is 3.62. The molecule has 2 N–H and O–H groups in total. The average molecular weight is 207 g/mol. The molecule has 84 valence electrons. The van der Waals surface area contributed by atoms with E-state index in [1.807, 2.05) is 6.20 Å². The standard InChI is InChI=1S/C12H21N3/c1-2-4-6-11(7-5-3-1)14-9-12-8-13-10-15-12/h8,10-11,14H,1-7,9H2,(H,13,15). The van der Waals surface area contributed by atoms with Crippen LogP contribution >= 0.6 is 0 Å². The smallest absolute Gasteiger partial charge is 0.0922 e. The zero-order valence-corrected chi connectivity index (χ0v) is 9.34. The van der Waals surface area contributed by atoms with Gasteiger partial charge in [-0.25, -0.2) is 4.98 Å². The Morgan fingerprint density at radius 1 is 1.20 bits per heavy atom. The number of hydrogen-bond donors (Lipinski definition) is 2. The SMILES string of the molecule is c1ncc(CNC2CCCCCCC2)[nH]1. The molecule has 1 aromatic heterocycles. The quantitative estimate of drug-likeness (QED) is 0.800. The monoisotopic (exact) mass is 207 g/mol. The van der Waals surface area contributed by atoms with Gasteiger partial charge in [0.2, 0.25) is 0 Å². The van der Waals surface area contributed by atoms with Crippen LogP contribution in [0.15, 0.2) is 12.5 Å². The fourth-order valence-electron chi connectivity index (χ4n) is 2.30. The number of nitrogens with zero attached hydrogens (tertiary/aromatic N) is 1. The second kappa shape index (κ2) is 5.91. The van der Waals surface area contributed by atoms with E-state index in [-0.39, 0.29) is 0 Å². The maximum atomic E-state index is 4.02. The predicted octanol–water partition coefficient (Wildman–Crippen LogP) is 2.61. The molecular weight excluding hydrogens is 186 g/mol. The van der Waals surface area contributed by atoms with Crippen LogP contribution in [0.3, 0.4) is 0 Å². The van der Waals surface area contributed by atoms with Crippen molar-refractivity contribution < 1.29 is 0 Å². The third-order valence-corrected chi connectivity index (χ3v) is 3.24. The molecule has 0 aliphatic heterocycles. The van der Waals surface area contributed by atoms with Crippen LogP contribution in [0, 0.1) is 0 Å². The Balaban J connectivity index is 1.72. The van der Waals surface area contributed by atoms with Crippen LogP contribution < -0.4 is 5.32 Å². The van der Waals surface area contributed by atoms with E-state index in [1.54, 1.807) is 6.33 Å². The zero-order chi connectivity index (χ0) is 10.3. The van der Waals surface area contributed by atoms with E-state index >= 15 is 0 Å². The molecule has 2 rings (SSSR count). The number of hydrogen-bond acceptors (Lipinski definition) is 2. The van der Waals surface area contributed by atoms with Gasteiger partial charge in [0.15, 0.2) is 0 Å². The topological polar surface area (TPSA) is 40.7 Å². The first-order valence-electron chi connectivity index (χ1n) is 6.16. The molecule has 0 atom stereocenters. The molecule has 1 aliphatic carbocycles. The zero-order valence-electron chi connectivity index (χ0n) is 9.34. The van der Waals surface area contributed by atoms with Crippen LogP contribution in [0.2, 0.25) is 0 Å². The van der Waals surface area contributed by atoms with Gasteiger partial charge in [-0.05, 0) is 12.8 Å². The fourth-order valence-corrected chi connectivity index (χ4v) is 2.30. The van der Waals surface area contributed by atoms with Gasteiger partial charge in [-0.3, -0.25) is 0 Å². The Labute approximate surface area is 91.7 Å². The van der Waals surface area contributed by atoms with Crippen LogP contribution in [0.5, 0.6) is 0 Å². The van der Waals surface area contributed by atoms with Gasteiger partial charge in [0.25, 0.3) is 0 Å². The summed E-state index contributed by atoms with van der Waals surface area (Å²) in [6.45, 7) is 0.935. The predicted molar refractivity (Wildman–Crippen MR) is 61.5 cm³/mol. The summed E-state index contributed by atoms with van der Waals surface area (Å²) in [5.41, 5.74) is 1.19. The van der Waals surface area contributed by atoms with Crippen molar-refractivity contribution >= 4 is 0 Å². The van der Waals surface area contributed by atoms with Gasteiger partial charge in [0, 0.05) is 24.5 Å². The van der Waals surface area contributed by atoms with Gasteiger partial charge in [-0.1, -0.05) is 32.1 Å². The van der Waals surface area contributed by atoms with E-state index in [4.69, 9.17) is 0 Å². The number of imidazole rings is 1. The number of nitrogens with one attached hydrogen (secondary N) is 2. The summed E-state index contributed by atoms with van der Waals surface area (Å²) >= 11 is 0. The van der Waals surface area contributed by atoms with Crippen molar-refractivity contribution in [2.24, 2.45) is 0 Å². The molecule has 15 heavy (non-hydrogen) atoms.